The summed E-state index contributed by atoms with van der Waals surface area (Å²) in [6.45, 7) is 2.44. The van der Waals surface area contributed by atoms with Gasteiger partial charge < -0.3 is 9.64 Å². The molecule has 0 spiro atoms. The molecule has 2 aromatic rings. The SMILES string of the molecule is O=C(c1ccc(S(=O)(=O)NCc2cccs2)cc1)N1CCOCC1. The molecule has 1 N–H and O–H groups in total. The van der Waals surface area contributed by atoms with Crippen LogP contribution in [0.1, 0.15) is 15.2 Å². The van der Waals surface area contributed by atoms with Crippen LogP contribution >= 0.6 is 11.3 Å². The van der Waals surface area contributed by atoms with Crippen molar-refractivity contribution in [1.29, 1.82) is 0 Å². The van der Waals surface area contributed by atoms with Crippen LogP contribution in [-0.2, 0) is 21.3 Å². The Morgan fingerprint density at radius 1 is 1.17 bits per heavy atom. The first kappa shape index (κ1) is 17.1. The molecule has 6 nitrogen and oxygen atoms in total. The maximum atomic E-state index is 12.3. The van der Waals surface area contributed by atoms with Crippen molar-refractivity contribution in [3.63, 3.8) is 0 Å². The smallest absolute Gasteiger partial charge is 0.254 e. The summed E-state index contributed by atoms with van der Waals surface area (Å²) in [6, 6.07) is 9.78. The topological polar surface area (TPSA) is 75.7 Å². The van der Waals surface area contributed by atoms with E-state index in [-0.39, 0.29) is 17.3 Å². The van der Waals surface area contributed by atoms with Gasteiger partial charge in [-0.2, -0.15) is 0 Å². The highest BCUT2D eigenvalue weighted by atomic mass is 32.2. The first-order chi connectivity index (χ1) is 11.6. The van der Waals surface area contributed by atoms with Gasteiger partial charge in [0, 0.05) is 30.1 Å². The van der Waals surface area contributed by atoms with Crippen LogP contribution in [0, 0.1) is 0 Å². The molecule has 1 saturated heterocycles. The van der Waals surface area contributed by atoms with Gasteiger partial charge in [-0.25, -0.2) is 13.1 Å². The summed E-state index contributed by atoms with van der Waals surface area (Å²) in [5.74, 6) is -0.103. The second-order valence-corrected chi connectivity index (χ2v) is 8.13. The van der Waals surface area contributed by atoms with Gasteiger partial charge in [0.1, 0.15) is 0 Å². The molecule has 1 fully saturated rings. The van der Waals surface area contributed by atoms with Crippen LogP contribution in [0.5, 0.6) is 0 Å². The minimum Gasteiger partial charge on any atom is -0.378 e. The summed E-state index contributed by atoms with van der Waals surface area (Å²) in [4.78, 5) is 15.2. The lowest BCUT2D eigenvalue weighted by Gasteiger charge is -2.26. The summed E-state index contributed by atoms with van der Waals surface area (Å²) in [5, 5.41) is 1.90. The van der Waals surface area contributed by atoms with E-state index >= 15 is 0 Å². The summed E-state index contributed by atoms with van der Waals surface area (Å²) in [5.41, 5.74) is 0.481. The zero-order valence-electron chi connectivity index (χ0n) is 13.0. The highest BCUT2D eigenvalue weighted by Crippen LogP contribution is 2.15. The lowest BCUT2D eigenvalue weighted by molar-refractivity contribution is 0.0303. The Labute approximate surface area is 145 Å². The van der Waals surface area contributed by atoms with Gasteiger partial charge >= 0.3 is 0 Å². The number of hydrogen-bond acceptors (Lipinski definition) is 5. The van der Waals surface area contributed by atoms with Gasteiger partial charge in [-0.1, -0.05) is 6.07 Å². The number of ether oxygens (including phenoxy) is 1. The number of nitrogens with zero attached hydrogens (tertiary/aromatic N) is 1. The third-order valence-corrected chi connectivity index (χ3v) is 6.02. The van der Waals surface area contributed by atoms with Gasteiger partial charge in [0.15, 0.2) is 0 Å². The molecule has 1 amide bonds. The van der Waals surface area contributed by atoms with Crippen LogP contribution in [0.25, 0.3) is 0 Å². The zero-order valence-corrected chi connectivity index (χ0v) is 14.6. The Morgan fingerprint density at radius 3 is 2.50 bits per heavy atom. The number of thiophene rings is 1. The molecular weight excluding hydrogens is 348 g/mol. The summed E-state index contributed by atoms with van der Waals surface area (Å²) in [6.07, 6.45) is 0. The van der Waals surface area contributed by atoms with E-state index in [1.165, 1.54) is 23.5 Å². The number of hydrogen-bond donors (Lipinski definition) is 1. The lowest BCUT2D eigenvalue weighted by atomic mass is 10.2. The molecule has 1 aliphatic heterocycles. The van der Waals surface area contributed by atoms with E-state index in [1.807, 2.05) is 17.5 Å². The van der Waals surface area contributed by atoms with Gasteiger partial charge in [-0.3, -0.25) is 4.79 Å². The van der Waals surface area contributed by atoms with Crippen molar-refractivity contribution < 1.29 is 17.9 Å². The first-order valence-corrected chi connectivity index (χ1v) is 9.92. The quantitative estimate of drug-likeness (QED) is 0.874. The molecule has 128 valence electrons. The minimum atomic E-state index is -3.59. The van der Waals surface area contributed by atoms with Gasteiger partial charge in [0.25, 0.3) is 5.91 Å². The summed E-state index contributed by atoms with van der Waals surface area (Å²) < 4.78 is 32.4. The molecule has 0 bridgehead atoms. The molecule has 0 unspecified atom stereocenters. The van der Waals surface area contributed by atoms with Gasteiger partial charge in [-0.15, -0.1) is 11.3 Å². The molecule has 0 aliphatic carbocycles. The third-order valence-electron chi connectivity index (χ3n) is 3.73. The van der Waals surface area contributed by atoms with E-state index in [9.17, 15) is 13.2 Å². The third kappa shape index (κ3) is 4.02. The molecule has 3 rings (SSSR count). The Balaban J connectivity index is 1.67. The van der Waals surface area contributed by atoms with E-state index in [1.54, 1.807) is 17.0 Å². The molecular formula is C16H18N2O4S2. The number of benzene rings is 1. The average Bonchev–Trinajstić information content (AvgIpc) is 3.14. The van der Waals surface area contributed by atoms with Crippen molar-refractivity contribution in [2.75, 3.05) is 26.3 Å². The molecule has 0 atom stereocenters. The summed E-state index contributed by atoms with van der Waals surface area (Å²) in [7, 11) is -3.59. The van der Waals surface area contributed by atoms with E-state index < -0.39 is 10.0 Å². The fourth-order valence-corrected chi connectivity index (χ4v) is 4.13. The minimum absolute atomic E-state index is 0.103. The number of nitrogens with one attached hydrogen (secondary N) is 1. The monoisotopic (exact) mass is 366 g/mol. The molecule has 1 aromatic heterocycles. The number of amides is 1. The predicted molar refractivity (Wildman–Crippen MR) is 91.5 cm³/mol. The van der Waals surface area contributed by atoms with Crippen molar-refractivity contribution in [3.8, 4) is 0 Å². The van der Waals surface area contributed by atoms with Crippen LogP contribution in [0.4, 0.5) is 0 Å². The summed E-state index contributed by atoms with van der Waals surface area (Å²) >= 11 is 1.49. The Hall–Kier alpha value is -1.74. The molecule has 1 aliphatic rings. The normalized spacial score (nSPS) is 15.4. The highest BCUT2D eigenvalue weighted by Gasteiger charge is 2.20. The van der Waals surface area contributed by atoms with E-state index in [4.69, 9.17) is 4.74 Å². The molecule has 1 aromatic carbocycles. The van der Waals surface area contributed by atoms with Crippen molar-refractivity contribution in [2.45, 2.75) is 11.4 Å². The standard InChI is InChI=1S/C16H18N2O4S2/c19-16(18-7-9-22-10-8-18)13-3-5-15(6-4-13)24(20,21)17-12-14-2-1-11-23-14/h1-6,11,17H,7-10,12H2. The maximum absolute atomic E-state index is 12.3. The fourth-order valence-electron chi connectivity index (χ4n) is 2.39. The van der Waals surface area contributed by atoms with Crippen molar-refractivity contribution in [3.05, 3.63) is 52.2 Å². The van der Waals surface area contributed by atoms with Crippen LogP contribution in [0.3, 0.4) is 0 Å². The molecule has 24 heavy (non-hydrogen) atoms. The Bertz CT molecular complexity index is 780. The number of carbonyl (C=O) groups excluding carboxylic acids is 1. The van der Waals surface area contributed by atoms with Gasteiger partial charge in [0.05, 0.1) is 18.1 Å². The van der Waals surface area contributed by atoms with Crippen LogP contribution in [0.15, 0.2) is 46.7 Å². The largest absolute Gasteiger partial charge is 0.378 e. The van der Waals surface area contributed by atoms with Crippen molar-refractivity contribution in [1.82, 2.24) is 9.62 Å². The molecule has 0 radical (unpaired) electrons. The van der Waals surface area contributed by atoms with Gasteiger partial charge in [0.2, 0.25) is 10.0 Å². The number of sulfonamides is 1. The second-order valence-electron chi connectivity index (χ2n) is 5.33. The predicted octanol–water partition coefficient (Wildman–Crippen LogP) is 1.70. The first-order valence-electron chi connectivity index (χ1n) is 7.55. The number of rotatable bonds is 5. The lowest BCUT2D eigenvalue weighted by Crippen LogP contribution is -2.40. The molecule has 2 heterocycles. The van der Waals surface area contributed by atoms with Crippen LogP contribution < -0.4 is 4.72 Å². The van der Waals surface area contributed by atoms with E-state index in [0.29, 0.717) is 31.9 Å². The average molecular weight is 366 g/mol. The van der Waals surface area contributed by atoms with Crippen LogP contribution in [0.2, 0.25) is 0 Å². The Morgan fingerprint density at radius 2 is 1.88 bits per heavy atom. The zero-order chi connectivity index (χ0) is 17.0. The highest BCUT2D eigenvalue weighted by molar-refractivity contribution is 7.89. The number of carbonyl (C=O) groups is 1. The molecule has 8 heteroatoms. The number of morpholine rings is 1. The van der Waals surface area contributed by atoms with Crippen molar-refractivity contribution in [2.24, 2.45) is 0 Å². The molecule has 0 saturated carbocycles. The van der Waals surface area contributed by atoms with Gasteiger partial charge in [-0.05, 0) is 35.7 Å². The van der Waals surface area contributed by atoms with E-state index in [0.717, 1.165) is 4.88 Å². The van der Waals surface area contributed by atoms with Crippen molar-refractivity contribution >= 4 is 27.3 Å². The Kier molecular flexibility index (Phi) is 5.30. The van der Waals surface area contributed by atoms with E-state index in [2.05, 4.69) is 4.72 Å². The second kappa shape index (κ2) is 7.43. The van der Waals surface area contributed by atoms with Crippen LogP contribution in [-0.4, -0.2) is 45.5 Å². The fraction of sp³-hybridized carbons (Fsp3) is 0.312. The maximum Gasteiger partial charge on any atom is 0.254 e.